The first-order valence-electron chi connectivity index (χ1n) is 19.2. The van der Waals surface area contributed by atoms with Crippen LogP contribution in [0.25, 0.3) is 34.6 Å². The summed E-state index contributed by atoms with van der Waals surface area (Å²) >= 11 is 0. The Bertz CT molecular complexity index is 2560. The quantitative estimate of drug-likeness (QED) is 0.189. The van der Waals surface area contributed by atoms with Crippen molar-refractivity contribution in [1.29, 1.82) is 5.26 Å². The normalized spacial score (nSPS) is 14.9. The number of nitriles is 1. The van der Waals surface area contributed by atoms with Crippen molar-refractivity contribution in [3.8, 4) is 6.07 Å². The van der Waals surface area contributed by atoms with Gasteiger partial charge in [-0.2, -0.15) is 5.26 Å². The molecule has 288 valence electrons. The first kappa shape index (κ1) is 38.3. The average molecular weight is 761 g/mol. The Balaban J connectivity index is 0.000000174. The summed E-state index contributed by atoms with van der Waals surface area (Å²) in [7, 11) is 0. The first-order chi connectivity index (χ1) is 27.7. The Hall–Kier alpha value is -6.94. The molecule has 2 fully saturated rings. The van der Waals surface area contributed by atoms with Gasteiger partial charge < -0.3 is 15.5 Å². The van der Waals surface area contributed by atoms with Gasteiger partial charge in [-0.05, 0) is 113 Å². The standard InChI is InChI=1S/C22H23N5O2.C22H21N5O/c1-15-6-5-7-17(25-15)12-18(22(29)26-10-3-2-4-11-26)16-8-9-20-24-13-19(21(23)28)27(20)14-16;1-16-6-5-7-18(25-16)12-20(22(28)26-10-3-2-4-11-26)17-8-9-21-24-14-19(13-23)27(21)15-17/h5-9,12-14H,2-4,10-11H2,1H3,(H2,23,28);5-9,12,14-15H,2-4,10-11H2,1H3/b18-12+;20-12+. The van der Waals surface area contributed by atoms with Gasteiger partial charge in [-0.1, -0.05) is 12.1 Å². The van der Waals surface area contributed by atoms with Crippen molar-refractivity contribution in [3.63, 3.8) is 0 Å². The summed E-state index contributed by atoms with van der Waals surface area (Å²) in [6, 6.07) is 20.9. The van der Waals surface area contributed by atoms with E-state index in [1.165, 1.54) is 12.4 Å². The minimum Gasteiger partial charge on any atom is -0.364 e. The number of fused-ring (bicyclic) bond motifs is 2. The minimum absolute atomic E-state index is 0.000907. The highest BCUT2D eigenvalue weighted by Gasteiger charge is 2.24. The number of hydrogen-bond donors (Lipinski definition) is 1. The Morgan fingerprint density at radius 3 is 1.60 bits per heavy atom. The van der Waals surface area contributed by atoms with Crippen LogP contribution in [0.15, 0.2) is 85.5 Å². The number of hydrogen-bond acceptors (Lipinski definition) is 8. The molecule has 0 aromatic carbocycles. The molecule has 2 aliphatic heterocycles. The number of imidazole rings is 2. The SMILES string of the molecule is Cc1cccc(/C=C(/C(=O)N2CCCCC2)c2ccc3ncc(C#N)n3c2)n1.Cc1cccc(/C=C(/C(=O)N2CCCCC2)c2ccc3ncc(C(N)=O)n3c2)n1. The van der Waals surface area contributed by atoms with Crippen LogP contribution in [0.3, 0.4) is 0 Å². The number of carbonyl (C=O) groups excluding carboxylic acids is 3. The second-order valence-corrected chi connectivity index (χ2v) is 14.3. The van der Waals surface area contributed by atoms with Crippen molar-refractivity contribution < 1.29 is 14.4 Å². The number of aromatic nitrogens is 6. The number of aryl methyl sites for hydroxylation is 2. The van der Waals surface area contributed by atoms with Crippen LogP contribution in [0.2, 0.25) is 0 Å². The van der Waals surface area contributed by atoms with Crippen molar-refractivity contribution in [3.05, 3.63) is 131 Å². The van der Waals surface area contributed by atoms with E-state index in [1.54, 1.807) is 21.1 Å². The highest BCUT2D eigenvalue weighted by Crippen LogP contribution is 2.26. The molecule has 0 atom stereocenters. The molecule has 0 unspecified atom stereocenters. The fourth-order valence-electron chi connectivity index (χ4n) is 7.20. The Morgan fingerprint density at radius 2 is 1.12 bits per heavy atom. The molecule has 0 aliphatic carbocycles. The van der Waals surface area contributed by atoms with E-state index in [9.17, 15) is 19.6 Å². The average Bonchev–Trinajstić information content (AvgIpc) is 3.86. The van der Waals surface area contributed by atoms with E-state index < -0.39 is 5.91 Å². The van der Waals surface area contributed by atoms with Gasteiger partial charge in [0.15, 0.2) is 0 Å². The molecule has 8 rings (SSSR count). The van der Waals surface area contributed by atoms with Crippen molar-refractivity contribution in [1.82, 2.24) is 38.5 Å². The molecular formula is C44H44N10O3. The van der Waals surface area contributed by atoms with E-state index in [4.69, 9.17) is 5.73 Å². The lowest BCUT2D eigenvalue weighted by Crippen LogP contribution is -2.36. The van der Waals surface area contributed by atoms with E-state index in [1.807, 2.05) is 96.6 Å². The smallest absolute Gasteiger partial charge is 0.267 e. The fraction of sp³-hybridized carbons (Fsp3) is 0.273. The second-order valence-electron chi connectivity index (χ2n) is 14.3. The van der Waals surface area contributed by atoms with Gasteiger partial charge in [0.1, 0.15) is 28.8 Å². The van der Waals surface area contributed by atoms with Crippen LogP contribution in [0.4, 0.5) is 0 Å². The summed E-state index contributed by atoms with van der Waals surface area (Å²) < 4.78 is 3.34. The highest BCUT2D eigenvalue weighted by atomic mass is 16.2. The molecule has 2 saturated heterocycles. The van der Waals surface area contributed by atoms with Crippen LogP contribution in [-0.4, -0.2) is 82.4 Å². The molecule has 3 amide bonds. The van der Waals surface area contributed by atoms with Gasteiger partial charge in [0.25, 0.3) is 17.7 Å². The molecule has 0 saturated carbocycles. The Kier molecular flexibility index (Phi) is 11.6. The predicted octanol–water partition coefficient (Wildman–Crippen LogP) is 6.15. The molecule has 8 heterocycles. The monoisotopic (exact) mass is 760 g/mol. The maximum Gasteiger partial charge on any atom is 0.267 e. The first-order valence-corrected chi connectivity index (χ1v) is 19.2. The second kappa shape index (κ2) is 17.2. The van der Waals surface area contributed by atoms with E-state index in [0.29, 0.717) is 39.4 Å². The highest BCUT2D eigenvalue weighted by molar-refractivity contribution is 6.24. The molecule has 6 aromatic heterocycles. The predicted molar refractivity (Wildman–Crippen MR) is 218 cm³/mol. The largest absolute Gasteiger partial charge is 0.364 e. The number of carbonyl (C=O) groups is 3. The van der Waals surface area contributed by atoms with Crippen molar-refractivity contribution >= 4 is 52.3 Å². The summed E-state index contributed by atoms with van der Waals surface area (Å²) in [5.41, 5.74) is 13.3. The summed E-state index contributed by atoms with van der Waals surface area (Å²) in [5.74, 6) is -0.600. The lowest BCUT2D eigenvalue weighted by atomic mass is 10.0. The molecule has 2 aliphatic rings. The van der Waals surface area contributed by atoms with E-state index >= 15 is 0 Å². The molecule has 13 heteroatoms. The van der Waals surface area contributed by atoms with Crippen molar-refractivity contribution in [2.24, 2.45) is 5.73 Å². The van der Waals surface area contributed by atoms with Crippen molar-refractivity contribution in [2.45, 2.75) is 52.4 Å². The number of rotatable bonds is 7. The number of nitrogens with zero attached hydrogens (tertiary/aromatic N) is 9. The molecule has 13 nitrogen and oxygen atoms in total. The number of likely N-dealkylation sites (tertiary alicyclic amines) is 2. The van der Waals surface area contributed by atoms with E-state index in [-0.39, 0.29) is 17.5 Å². The Labute approximate surface area is 330 Å². The van der Waals surface area contributed by atoms with Gasteiger partial charge in [-0.3, -0.25) is 33.2 Å². The molecule has 6 aromatic rings. The van der Waals surface area contributed by atoms with Gasteiger partial charge in [0.05, 0.1) is 34.9 Å². The van der Waals surface area contributed by atoms with Gasteiger partial charge >= 0.3 is 0 Å². The summed E-state index contributed by atoms with van der Waals surface area (Å²) in [6.45, 7) is 6.89. The lowest BCUT2D eigenvalue weighted by molar-refractivity contribution is -0.126. The molecule has 0 radical (unpaired) electrons. The zero-order valence-corrected chi connectivity index (χ0v) is 32.1. The third-order valence-electron chi connectivity index (χ3n) is 10.2. The lowest BCUT2D eigenvalue weighted by Gasteiger charge is -2.27. The third-order valence-corrected chi connectivity index (χ3v) is 10.2. The van der Waals surface area contributed by atoms with Crippen LogP contribution < -0.4 is 5.73 Å². The zero-order valence-electron chi connectivity index (χ0n) is 32.1. The van der Waals surface area contributed by atoms with Gasteiger partial charge in [-0.25, -0.2) is 9.97 Å². The molecule has 57 heavy (non-hydrogen) atoms. The molecule has 0 spiro atoms. The molecular weight excluding hydrogens is 717 g/mol. The van der Waals surface area contributed by atoms with Crippen molar-refractivity contribution in [2.75, 3.05) is 26.2 Å². The van der Waals surface area contributed by atoms with Crippen LogP contribution in [0.1, 0.15) is 88.6 Å². The molecule has 2 N–H and O–H groups in total. The number of amides is 3. The van der Waals surface area contributed by atoms with Crippen LogP contribution in [0.5, 0.6) is 0 Å². The topological polar surface area (TPSA) is 168 Å². The minimum atomic E-state index is -0.567. The van der Waals surface area contributed by atoms with E-state index in [0.717, 1.165) is 87.3 Å². The Morgan fingerprint density at radius 1 is 0.649 bits per heavy atom. The summed E-state index contributed by atoms with van der Waals surface area (Å²) in [5, 5.41) is 9.32. The number of piperidine rings is 2. The summed E-state index contributed by atoms with van der Waals surface area (Å²) in [6.07, 6.45) is 16.6. The van der Waals surface area contributed by atoms with Crippen LogP contribution in [-0.2, 0) is 9.59 Å². The number of primary amides is 1. The van der Waals surface area contributed by atoms with Crippen LogP contribution in [0, 0.1) is 25.2 Å². The van der Waals surface area contributed by atoms with Gasteiger partial charge in [-0.15, -0.1) is 0 Å². The zero-order chi connectivity index (χ0) is 39.9. The maximum absolute atomic E-state index is 13.4. The van der Waals surface area contributed by atoms with Gasteiger partial charge in [0, 0.05) is 61.1 Å². The maximum atomic E-state index is 13.4. The van der Waals surface area contributed by atoms with E-state index in [2.05, 4.69) is 26.0 Å². The summed E-state index contributed by atoms with van der Waals surface area (Å²) in [4.78, 5) is 59.8. The molecule has 0 bridgehead atoms. The fourth-order valence-corrected chi connectivity index (χ4v) is 7.20. The van der Waals surface area contributed by atoms with Crippen LogP contribution >= 0.6 is 0 Å². The number of nitrogens with two attached hydrogens (primary N) is 1. The number of pyridine rings is 4. The third kappa shape index (κ3) is 8.81. The van der Waals surface area contributed by atoms with Gasteiger partial charge in [0.2, 0.25) is 0 Å².